The van der Waals surface area contributed by atoms with Gasteiger partial charge in [0.05, 0.1) is 47.0 Å². The van der Waals surface area contributed by atoms with E-state index in [9.17, 15) is 9.59 Å². The lowest BCUT2D eigenvalue weighted by molar-refractivity contribution is -0.137. The number of aromatic nitrogens is 5. The molecule has 0 aliphatic carbocycles. The summed E-state index contributed by atoms with van der Waals surface area (Å²) in [7, 11) is -2.39. The van der Waals surface area contributed by atoms with Crippen LogP contribution < -0.4 is 15.1 Å². The second kappa shape index (κ2) is 15.7. The second-order valence-electron chi connectivity index (χ2n) is 18.0. The van der Waals surface area contributed by atoms with Gasteiger partial charge in [0.1, 0.15) is 19.5 Å². The summed E-state index contributed by atoms with van der Waals surface area (Å²) in [6.45, 7) is 22.9. The number of benzene rings is 1. The van der Waals surface area contributed by atoms with E-state index in [4.69, 9.17) is 16.3 Å². The Balaban J connectivity index is 1.48. The van der Waals surface area contributed by atoms with Crippen molar-refractivity contribution in [2.45, 2.75) is 134 Å². The van der Waals surface area contributed by atoms with E-state index in [1.54, 1.807) is 48.8 Å². The maximum absolute atomic E-state index is 15.8. The van der Waals surface area contributed by atoms with Gasteiger partial charge in [0.2, 0.25) is 0 Å². The number of hydrogen-bond acceptors (Lipinski definition) is 9. The fourth-order valence-electron chi connectivity index (χ4n) is 9.90. The molecule has 1 fully saturated rings. The fourth-order valence-corrected chi connectivity index (χ4v) is 22.2. The van der Waals surface area contributed by atoms with Crippen LogP contribution in [0.2, 0.25) is 21.6 Å². The minimum Gasteiger partial charge on any atom is -0.444 e. The number of alkyl halides is 3. The van der Waals surface area contributed by atoms with Gasteiger partial charge in [-0.05, 0) is 75.5 Å². The number of thiophene rings is 1. The summed E-state index contributed by atoms with van der Waals surface area (Å²) in [5.41, 5.74) is -0.243. The van der Waals surface area contributed by atoms with Crippen LogP contribution in [0, 0.1) is 0 Å². The number of piperazine rings is 1. The molecule has 7 rings (SSSR count). The number of ether oxygens (including phenoxy) is 1. The maximum Gasteiger partial charge on any atom is 0.417 e. The molecule has 2 aliphatic rings. The first-order valence-electron chi connectivity index (χ1n) is 20.2. The lowest BCUT2D eigenvalue weighted by Crippen LogP contribution is -2.59. The molecule has 0 saturated carbocycles. The predicted octanol–water partition coefficient (Wildman–Crippen LogP) is 10.6. The minimum atomic E-state index is -4.78. The molecule has 59 heavy (non-hydrogen) atoms. The van der Waals surface area contributed by atoms with Crippen molar-refractivity contribution in [3.63, 3.8) is 0 Å². The van der Waals surface area contributed by atoms with Gasteiger partial charge in [-0.1, -0.05) is 53.1 Å². The van der Waals surface area contributed by atoms with E-state index in [2.05, 4.69) is 56.6 Å². The third kappa shape index (κ3) is 7.58. The summed E-state index contributed by atoms with van der Waals surface area (Å²) >= 11 is 9.87. The summed E-state index contributed by atoms with van der Waals surface area (Å²) in [5.74, 6) is 0.466. The van der Waals surface area contributed by atoms with Crippen molar-refractivity contribution in [3.8, 4) is 10.4 Å². The quantitative estimate of drug-likeness (QED) is 0.149. The number of fused-ring (bicyclic) bond motifs is 1. The number of pyridine rings is 1. The van der Waals surface area contributed by atoms with Crippen LogP contribution in [0.15, 0.2) is 46.3 Å². The zero-order valence-electron chi connectivity index (χ0n) is 35.4. The van der Waals surface area contributed by atoms with Crippen LogP contribution >= 0.6 is 34.7 Å². The molecule has 318 valence electrons. The maximum atomic E-state index is 15.8. The molecule has 10 nitrogen and oxygen atoms in total. The van der Waals surface area contributed by atoms with Crippen molar-refractivity contribution in [2.75, 3.05) is 23.7 Å². The van der Waals surface area contributed by atoms with Gasteiger partial charge < -0.3 is 9.64 Å². The highest BCUT2D eigenvalue weighted by Crippen LogP contribution is 2.52. The molecule has 1 aromatic carbocycles. The van der Waals surface area contributed by atoms with E-state index < -0.39 is 55.3 Å². The van der Waals surface area contributed by atoms with Gasteiger partial charge in [0.25, 0.3) is 0 Å². The second-order valence-corrected chi connectivity index (χ2v) is 26.7. The lowest BCUT2D eigenvalue weighted by Gasteiger charge is -2.45. The molecule has 1 amide bonds. The number of amides is 1. The van der Waals surface area contributed by atoms with Crippen molar-refractivity contribution in [1.29, 1.82) is 0 Å². The Kier molecular flexibility index (Phi) is 11.6. The lowest BCUT2D eigenvalue weighted by atomic mass is 10.0. The molecule has 0 bridgehead atoms. The van der Waals surface area contributed by atoms with Gasteiger partial charge in [-0.15, -0.1) is 23.1 Å². The molecule has 4 aromatic heterocycles. The van der Waals surface area contributed by atoms with Crippen LogP contribution in [0.4, 0.5) is 23.8 Å². The highest BCUT2D eigenvalue weighted by molar-refractivity contribution is 7.99. The standard InChI is InChI=1S/C42H53ClF3N7O3S2Si/c1-22(2)59(23(3)4,24(5)6)38-31(43)16-32(58-38)33-30(42(44,45)46)15-29-34-35(33)57-21-28(53-36-27(17-48-53)13-12-14-47-36)20-51(34)39(54)49-37(29)50-18-25(7)52(26(8)19-50)40(55)56-41(9,10)11/h12-17,22-26,28H,18-21H2,1-11H3/t25-,26+,28-/m0/s1. The van der Waals surface area contributed by atoms with E-state index in [1.807, 2.05) is 30.9 Å². The van der Waals surface area contributed by atoms with Crippen LogP contribution in [0.3, 0.4) is 0 Å². The van der Waals surface area contributed by atoms with Gasteiger partial charge in [-0.2, -0.15) is 23.3 Å². The molecule has 1 saturated heterocycles. The van der Waals surface area contributed by atoms with E-state index in [1.165, 1.54) is 33.7 Å². The van der Waals surface area contributed by atoms with Crippen LogP contribution in [-0.4, -0.2) is 79.9 Å². The summed E-state index contributed by atoms with van der Waals surface area (Å²) in [6, 6.07) is 5.37. The number of halogens is 4. The molecule has 0 radical (unpaired) electrons. The number of nitrogens with zero attached hydrogens (tertiary/aromatic N) is 7. The third-order valence-corrected chi connectivity index (χ3v) is 23.0. The smallest absolute Gasteiger partial charge is 0.417 e. The Morgan fingerprint density at radius 3 is 2.24 bits per heavy atom. The Morgan fingerprint density at radius 2 is 1.64 bits per heavy atom. The molecular formula is C42H53ClF3N7O3S2Si. The Hall–Kier alpha value is -3.60. The highest BCUT2D eigenvalue weighted by atomic mass is 35.5. The summed E-state index contributed by atoms with van der Waals surface area (Å²) in [4.78, 5) is 41.3. The topological polar surface area (TPSA) is 98.4 Å². The summed E-state index contributed by atoms with van der Waals surface area (Å²) in [5, 5.41) is 6.19. The predicted molar refractivity (Wildman–Crippen MR) is 237 cm³/mol. The fraction of sp³-hybridized carbons (Fsp3) is 0.548. The van der Waals surface area contributed by atoms with Crippen molar-refractivity contribution in [1.82, 2.24) is 29.2 Å². The molecule has 2 aliphatic heterocycles. The first kappa shape index (κ1) is 43.5. The van der Waals surface area contributed by atoms with Gasteiger partial charge >= 0.3 is 18.0 Å². The number of carbonyl (C=O) groups is 1. The van der Waals surface area contributed by atoms with Crippen molar-refractivity contribution < 1.29 is 22.7 Å². The monoisotopic (exact) mass is 887 g/mol. The first-order chi connectivity index (χ1) is 27.6. The average molecular weight is 889 g/mol. The van der Waals surface area contributed by atoms with E-state index in [0.717, 1.165) is 9.89 Å². The zero-order valence-corrected chi connectivity index (χ0v) is 38.8. The van der Waals surface area contributed by atoms with E-state index >= 15 is 13.2 Å². The molecule has 3 atom stereocenters. The number of thioether (sulfide) groups is 1. The molecule has 0 unspecified atom stereocenters. The van der Waals surface area contributed by atoms with Crippen molar-refractivity contribution in [2.24, 2.45) is 0 Å². The molecule has 17 heteroatoms. The normalized spacial score (nSPS) is 19.5. The molecule has 5 aromatic rings. The van der Waals surface area contributed by atoms with E-state index in [0.29, 0.717) is 31.7 Å². The number of hydrogen-bond donors (Lipinski definition) is 0. The first-order valence-corrected chi connectivity index (χ1v) is 24.6. The van der Waals surface area contributed by atoms with Gasteiger partial charge in [-0.25, -0.2) is 19.3 Å². The van der Waals surface area contributed by atoms with Gasteiger partial charge in [0, 0.05) is 55.6 Å². The van der Waals surface area contributed by atoms with E-state index in [-0.39, 0.29) is 53.0 Å². The van der Waals surface area contributed by atoms with Crippen molar-refractivity contribution in [3.05, 3.63) is 57.7 Å². The Bertz CT molecular complexity index is 2440. The average Bonchev–Trinajstić information content (AvgIpc) is 3.65. The number of anilines is 1. The Labute approximate surface area is 357 Å². The number of rotatable bonds is 7. The summed E-state index contributed by atoms with van der Waals surface area (Å²) < 4.78 is 57.5. The van der Waals surface area contributed by atoms with Crippen LogP contribution in [0.1, 0.15) is 87.8 Å². The third-order valence-electron chi connectivity index (χ3n) is 12.0. The molecule has 0 spiro atoms. The number of carbonyl (C=O) groups excluding carboxylic acids is 1. The van der Waals surface area contributed by atoms with Crippen LogP contribution in [-0.2, 0) is 17.5 Å². The summed E-state index contributed by atoms with van der Waals surface area (Å²) in [6.07, 6.45) is -1.87. The zero-order chi connectivity index (χ0) is 43.1. The van der Waals surface area contributed by atoms with Crippen molar-refractivity contribution >= 4 is 81.1 Å². The highest BCUT2D eigenvalue weighted by Gasteiger charge is 2.48. The molecular weight excluding hydrogens is 835 g/mol. The molecule has 0 N–H and O–H groups in total. The van der Waals surface area contributed by atoms with Gasteiger partial charge in [-0.3, -0.25) is 9.47 Å². The Morgan fingerprint density at radius 1 is 1.00 bits per heavy atom. The van der Waals surface area contributed by atoms with Crippen LogP contribution in [0.25, 0.3) is 32.4 Å². The SMILES string of the molecule is CC(C)[Si](c1sc(-c2c(C(F)(F)F)cc3c(N4C[C@@H](C)N(C(=O)OC(C)(C)C)[C@@H](C)C4)nc(=O)n4c3c2SC[C@@H](n2ncc3cccnc32)C4)cc1Cl)(C(C)C)C(C)C. The molecule has 6 heterocycles. The largest absolute Gasteiger partial charge is 0.444 e. The minimum absolute atomic E-state index is 0.0261. The van der Waals surface area contributed by atoms with Gasteiger partial charge in [0.15, 0.2) is 5.65 Å². The van der Waals surface area contributed by atoms with Crippen LogP contribution in [0.5, 0.6) is 0 Å².